The van der Waals surface area contributed by atoms with Gasteiger partial charge in [-0.15, -0.1) is 10.2 Å². The fourth-order valence-corrected chi connectivity index (χ4v) is 3.85. The second-order valence-corrected chi connectivity index (χ2v) is 7.34. The molecule has 1 fully saturated rings. The molecular formula is C18H21FN4O2S. The van der Waals surface area contributed by atoms with Gasteiger partial charge in [-0.1, -0.05) is 18.3 Å². The third-order valence-corrected chi connectivity index (χ3v) is 5.41. The number of nitrogens with zero attached hydrogens (tertiary/aromatic N) is 3. The molecule has 0 saturated carbocycles. The number of carbonyl (C=O) groups is 2. The smallest absolute Gasteiger partial charge is 0.286 e. The molecule has 0 spiro atoms. The Morgan fingerprint density at radius 1 is 1.31 bits per heavy atom. The molecule has 26 heavy (non-hydrogen) atoms. The van der Waals surface area contributed by atoms with Crippen LogP contribution < -0.4 is 5.32 Å². The minimum absolute atomic E-state index is 0.120. The van der Waals surface area contributed by atoms with E-state index >= 15 is 0 Å². The summed E-state index contributed by atoms with van der Waals surface area (Å²) in [6, 6.07) is 5.55. The lowest BCUT2D eigenvalue weighted by Crippen LogP contribution is -2.38. The molecule has 1 N–H and O–H groups in total. The van der Waals surface area contributed by atoms with Crippen molar-refractivity contribution in [2.75, 3.05) is 18.4 Å². The normalized spacial score (nSPS) is 17.2. The largest absolute Gasteiger partial charge is 0.342 e. The Morgan fingerprint density at radius 2 is 2.08 bits per heavy atom. The first-order valence-corrected chi connectivity index (χ1v) is 9.56. The van der Waals surface area contributed by atoms with Gasteiger partial charge in [-0.05, 0) is 43.5 Å². The molecule has 0 radical (unpaired) electrons. The van der Waals surface area contributed by atoms with Gasteiger partial charge in [-0.3, -0.25) is 9.59 Å². The summed E-state index contributed by atoms with van der Waals surface area (Å²) in [6.07, 6.45) is 3.27. The highest BCUT2D eigenvalue weighted by Crippen LogP contribution is 2.29. The summed E-state index contributed by atoms with van der Waals surface area (Å²) in [4.78, 5) is 26.3. The molecule has 0 unspecified atom stereocenters. The summed E-state index contributed by atoms with van der Waals surface area (Å²) in [5.74, 6) is -0.429. The predicted octanol–water partition coefficient (Wildman–Crippen LogP) is 3.44. The van der Waals surface area contributed by atoms with Crippen LogP contribution in [-0.2, 0) is 4.79 Å². The lowest BCUT2D eigenvalue weighted by molar-refractivity contribution is -0.132. The molecule has 1 aliphatic heterocycles. The van der Waals surface area contributed by atoms with Gasteiger partial charge in [-0.25, -0.2) is 4.39 Å². The summed E-state index contributed by atoms with van der Waals surface area (Å²) >= 11 is 1.25. The van der Waals surface area contributed by atoms with E-state index in [1.165, 1.54) is 35.6 Å². The van der Waals surface area contributed by atoms with Gasteiger partial charge < -0.3 is 10.2 Å². The Bertz CT molecular complexity index is 778. The highest BCUT2D eigenvalue weighted by atomic mass is 32.1. The summed E-state index contributed by atoms with van der Waals surface area (Å²) in [5.41, 5.74) is 0.502. The topological polar surface area (TPSA) is 75.2 Å². The van der Waals surface area contributed by atoms with Crippen molar-refractivity contribution in [1.29, 1.82) is 0 Å². The highest BCUT2D eigenvalue weighted by molar-refractivity contribution is 7.13. The zero-order valence-electron chi connectivity index (χ0n) is 14.6. The van der Waals surface area contributed by atoms with E-state index in [1.54, 1.807) is 0 Å². The van der Waals surface area contributed by atoms with Gasteiger partial charge in [0.2, 0.25) is 10.9 Å². The average molecular weight is 376 g/mol. The Kier molecular flexibility index (Phi) is 5.92. The SMILES string of the molecule is CCCC(=O)N1CCC[C@H](c2nnc(C(=O)Nc3ccc(F)cc3)s2)C1. The van der Waals surface area contributed by atoms with E-state index in [4.69, 9.17) is 0 Å². The lowest BCUT2D eigenvalue weighted by atomic mass is 9.98. The van der Waals surface area contributed by atoms with Crippen LogP contribution in [0.2, 0.25) is 0 Å². The Balaban J connectivity index is 1.64. The molecule has 1 aliphatic rings. The van der Waals surface area contributed by atoms with E-state index in [1.807, 2.05) is 11.8 Å². The zero-order chi connectivity index (χ0) is 18.5. The van der Waals surface area contributed by atoms with Crippen LogP contribution >= 0.6 is 11.3 Å². The average Bonchev–Trinajstić information content (AvgIpc) is 3.14. The van der Waals surface area contributed by atoms with Gasteiger partial charge >= 0.3 is 0 Å². The molecule has 2 aromatic rings. The van der Waals surface area contributed by atoms with Crippen LogP contribution in [0.1, 0.15) is 53.3 Å². The van der Waals surface area contributed by atoms with Gasteiger partial charge in [0.05, 0.1) is 0 Å². The van der Waals surface area contributed by atoms with Crippen molar-refractivity contribution in [3.05, 3.63) is 40.1 Å². The standard InChI is InChI=1S/C18H21FN4O2S/c1-2-4-15(24)23-10-3-5-12(11-23)17-21-22-18(26-17)16(25)20-14-8-6-13(19)7-9-14/h6-9,12H,2-5,10-11H2,1H3,(H,20,25)/t12-/m0/s1. The quantitative estimate of drug-likeness (QED) is 0.867. The maximum Gasteiger partial charge on any atom is 0.286 e. The van der Waals surface area contributed by atoms with Crippen molar-refractivity contribution in [3.8, 4) is 0 Å². The number of hydrogen-bond donors (Lipinski definition) is 1. The molecule has 138 valence electrons. The number of rotatable bonds is 5. The van der Waals surface area contributed by atoms with Crippen molar-refractivity contribution < 1.29 is 14.0 Å². The van der Waals surface area contributed by atoms with Gasteiger partial charge in [-0.2, -0.15) is 0 Å². The lowest BCUT2D eigenvalue weighted by Gasteiger charge is -2.31. The van der Waals surface area contributed by atoms with Crippen LogP contribution in [0, 0.1) is 5.82 Å². The van der Waals surface area contributed by atoms with Gasteiger partial charge in [0.1, 0.15) is 10.8 Å². The number of likely N-dealkylation sites (tertiary alicyclic amines) is 1. The van der Waals surface area contributed by atoms with E-state index in [9.17, 15) is 14.0 Å². The summed E-state index contributed by atoms with van der Waals surface area (Å²) in [6.45, 7) is 3.41. The third-order valence-electron chi connectivity index (χ3n) is 4.32. The molecule has 1 aromatic heterocycles. The van der Waals surface area contributed by atoms with E-state index in [2.05, 4.69) is 15.5 Å². The number of hydrogen-bond acceptors (Lipinski definition) is 5. The number of carbonyl (C=O) groups excluding carboxylic acids is 2. The van der Waals surface area contributed by atoms with Crippen LogP contribution in [0.3, 0.4) is 0 Å². The van der Waals surface area contributed by atoms with Gasteiger partial charge in [0.15, 0.2) is 0 Å². The Morgan fingerprint density at radius 3 is 2.81 bits per heavy atom. The molecule has 1 saturated heterocycles. The second kappa shape index (κ2) is 8.35. The number of anilines is 1. The van der Waals surface area contributed by atoms with Crippen LogP contribution in [0.25, 0.3) is 0 Å². The third kappa shape index (κ3) is 4.43. The number of benzene rings is 1. The van der Waals surface area contributed by atoms with E-state index in [0.29, 0.717) is 18.7 Å². The molecule has 8 heteroatoms. The van der Waals surface area contributed by atoms with Crippen molar-refractivity contribution in [1.82, 2.24) is 15.1 Å². The molecular weight excluding hydrogens is 355 g/mol. The summed E-state index contributed by atoms with van der Waals surface area (Å²) in [5, 5.41) is 11.9. The Labute approximate surface area is 155 Å². The van der Waals surface area contributed by atoms with Crippen LogP contribution in [-0.4, -0.2) is 40.0 Å². The molecule has 2 amide bonds. The fourth-order valence-electron chi connectivity index (χ4n) is 2.99. The Hall–Kier alpha value is -2.35. The summed E-state index contributed by atoms with van der Waals surface area (Å²) < 4.78 is 12.9. The van der Waals surface area contributed by atoms with Gasteiger partial charge in [0, 0.05) is 31.1 Å². The first-order chi connectivity index (χ1) is 12.6. The molecule has 0 aliphatic carbocycles. The number of amides is 2. The van der Waals surface area contributed by atoms with Crippen molar-refractivity contribution in [2.24, 2.45) is 0 Å². The van der Waals surface area contributed by atoms with E-state index in [0.717, 1.165) is 30.8 Å². The van der Waals surface area contributed by atoms with Crippen molar-refractivity contribution in [3.63, 3.8) is 0 Å². The minimum Gasteiger partial charge on any atom is -0.342 e. The molecule has 1 atom stereocenters. The first kappa shape index (κ1) is 18.4. The van der Waals surface area contributed by atoms with Crippen molar-refractivity contribution in [2.45, 2.75) is 38.5 Å². The predicted molar refractivity (Wildman–Crippen MR) is 97.7 cm³/mol. The monoisotopic (exact) mass is 376 g/mol. The molecule has 6 nitrogen and oxygen atoms in total. The number of aromatic nitrogens is 2. The zero-order valence-corrected chi connectivity index (χ0v) is 15.4. The van der Waals surface area contributed by atoms with Crippen LogP contribution in [0.4, 0.5) is 10.1 Å². The number of halogens is 1. The highest BCUT2D eigenvalue weighted by Gasteiger charge is 2.27. The fraction of sp³-hybridized carbons (Fsp3) is 0.444. The van der Waals surface area contributed by atoms with Gasteiger partial charge in [0.25, 0.3) is 5.91 Å². The maximum absolute atomic E-state index is 12.9. The van der Waals surface area contributed by atoms with Crippen molar-refractivity contribution >= 4 is 28.8 Å². The number of piperidine rings is 1. The molecule has 0 bridgehead atoms. The van der Waals surface area contributed by atoms with E-state index < -0.39 is 0 Å². The van der Waals surface area contributed by atoms with Crippen LogP contribution in [0.15, 0.2) is 24.3 Å². The maximum atomic E-state index is 12.9. The molecule has 1 aromatic carbocycles. The van der Waals surface area contributed by atoms with Crippen LogP contribution in [0.5, 0.6) is 0 Å². The second-order valence-electron chi connectivity index (χ2n) is 6.34. The molecule has 3 rings (SSSR count). The van der Waals surface area contributed by atoms with E-state index in [-0.39, 0.29) is 28.6 Å². The summed E-state index contributed by atoms with van der Waals surface area (Å²) in [7, 11) is 0. The minimum atomic E-state index is -0.366. The number of nitrogens with one attached hydrogen (secondary N) is 1. The first-order valence-electron chi connectivity index (χ1n) is 8.75. The molecule has 2 heterocycles.